The van der Waals surface area contributed by atoms with Gasteiger partial charge in [-0.15, -0.1) is 0 Å². The molecule has 3 atom stereocenters. The van der Waals surface area contributed by atoms with Gasteiger partial charge < -0.3 is 16.0 Å². The molecule has 7 nitrogen and oxygen atoms in total. The molecule has 0 fully saturated rings. The molecule has 3 aromatic rings. The first-order valence-electron chi connectivity index (χ1n) is 14.5. The van der Waals surface area contributed by atoms with Crippen molar-refractivity contribution in [3.05, 3.63) is 105 Å². The van der Waals surface area contributed by atoms with E-state index >= 15 is 0 Å². The summed E-state index contributed by atoms with van der Waals surface area (Å²) in [6.07, 6.45) is -5.37. The normalized spacial score (nSPS) is 13.7. The lowest BCUT2D eigenvalue weighted by Gasteiger charge is -2.28. The summed E-state index contributed by atoms with van der Waals surface area (Å²) in [7, 11) is 0. The first-order valence-corrected chi connectivity index (χ1v) is 15.6. The van der Waals surface area contributed by atoms with E-state index in [9.17, 15) is 41.1 Å². The largest absolute Gasteiger partial charge is 0.405 e. The van der Waals surface area contributed by atoms with E-state index < -0.39 is 66.1 Å². The van der Waals surface area contributed by atoms with Crippen molar-refractivity contribution in [3.63, 3.8) is 0 Å². The molecule has 3 amide bonds. The van der Waals surface area contributed by atoms with Crippen LogP contribution in [0.15, 0.2) is 72.8 Å². The van der Waals surface area contributed by atoms with Crippen molar-refractivity contribution < 1.29 is 41.1 Å². The van der Waals surface area contributed by atoms with Crippen LogP contribution in [-0.2, 0) is 25.6 Å². The minimum Gasteiger partial charge on any atom is -0.344 e. The molecular formula is C33H31Cl3F5N3O4. The van der Waals surface area contributed by atoms with Crippen LogP contribution in [-0.4, -0.2) is 54.2 Å². The number of nitrogens with one attached hydrogen (secondary N) is 3. The second-order valence-electron chi connectivity index (χ2n) is 11.3. The van der Waals surface area contributed by atoms with Gasteiger partial charge in [-0.05, 0) is 46.9 Å². The fourth-order valence-electron chi connectivity index (χ4n) is 4.73. The van der Waals surface area contributed by atoms with Crippen molar-refractivity contribution in [1.29, 1.82) is 0 Å². The topological polar surface area (TPSA) is 104 Å². The standard InChI is InChI=1S/C33H31Cl3F5N3O4/c1-18(2)28(29(46)33(40,41)31(48)42-17-32(37,38)39)44-30(47)26(14-19-8-11-22(34)12-9-19)43-27(45)16-23(20-6-4-3-5-7-20)21-10-13-24(35)25(36)15-21/h3-13,15,18,23,26,28H,14,16-17H2,1-2H3,(H,42,48)(H,43,45)(H,44,47). The number of carbonyl (C=O) groups excluding carboxylic acids is 4. The molecule has 0 heterocycles. The zero-order valence-electron chi connectivity index (χ0n) is 25.5. The van der Waals surface area contributed by atoms with Gasteiger partial charge in [-0.2, -0.15) is 22.0 Å². The predicted molar refractivity (Wildman–Crippen MR) is 172 cm³/mol. The highest BCUT2D eigenvalue weighted by atomic mass is 35.5. The first kappa shape index (κ1) is 38.7. The molecule has 0 aromatic heterocycles. The smallest absolute Gasteiger partial charge is 0.344 e. The fourth-order valence-corrected chi connectivity index (χ4v) is 5.17. The minimum absolute atomic E-state index is 0.168. The van der Waals surface area contributed by atoms with Gasteiger partial charge in [0.1, 0.15) is 12.6 Å². The predicted octanol–water partition coefficient (Wildman–Crippen LogP) is 6.92. The number of alkyl halides is 5. The van der Waals surface area contributed by atoms with Crippen LogP contribution in [0.5, 0.6) is 0 Å². The Balaban J connectivity index is 1.89. The molecule has 3 rings (SSSR count). The third-order valence-electron chi connectivity index (χ3n) is 7.23. The van der Waals surface area contributed by atoms with E-state index in [2.05, 4.69) is 10.6 Å². The lowest BCUT2D eigenvalue weighted by molar-refractivity contribution is -0.165. The quantitative estimate of drug-likeness (QED) is 0.124. The molecular weight excluding hydrogens is 704 g/mol. The van der Waals surface area contributed by atoms with Gasteiger partial charge in [-0.1, -0.05) is 97.2 Å². The van der Waals surface area contributed by atoms with Crippen molar-refractivity contribution >= 4 is 58.3 Å². The zero-order valence-corrected chi connectivity index (χ0v) is 27.8. The van der Waals surface area contributed by atoms with Crippen molar-refractivity contribution in [1.82, 2.24) is 16.0 Å². The Morgan fingerprint density at radius 2 is 1.40 bits per heavy atom. The lowest BCUT2D eigenvalue weighted by atomic mass is 9.88. The van der Waals surface area contributed by atoms with Crippen LogP contribution >= 0.6 is 34.8 Å². The van der Waals surface area contributed by atoms with E-state index in [-0.39, 0.29) is 17.9 Å². The maximum absolute atomic E-state index is 14.8. The van der Waals surface area contributed by atoms with Gasteiger partial charge in [0, 0.05) is 23.8 Å². The number of amides is 3. The minimum atomic E-state index is -5.01. The van der Waals surface area contributed by atoms with Crippen molar-refractivity contribution in [3.8, 4) is 0 Å². The Labute approximate surface area is 288 Å². The molecule has 0 bridgehead atoms. The van der Waals surface area contributed by atoms with Crippen molar-refractivity contribution in [2.45, 2.75) is 56.8 Å². The summed E-state index contributed by atoms with van der Waals surface area (Å²) in [5.74, 6) is -12.8. The summed E-state index contributed by atoms with van der Waals surface area (Å²) in [5.41, 5.74) is 1.88. The van der Waals surface area contributed by atoms with Crippen LogP contribution in [0.4, 0.5) is 22.0 Å². The SMILES string of the molecule is CC(C)C(NC(=O)C(Cc1ccc(Cl)cc1)NC(=O)CC(c1ccccc1)c1ccc(Cl)c(Cl)c1)C(=O)C(F)(F)C(=O)NCC(F)(F)F. The first-order chi connectivity index (χ1) is 22.4. The van der Waals surface area contributed by atoms with E-state index in [1.54, 1.807) is 60.7 Å². The number of halogens is 8. The molecule has 0 aliphatic rings. The molecule has 3 N–H and O–H groups in total. The van der Waals surface area contributed by atoms with E-state index in [0.29, 0.717) is 21.2 Å². The summed E-state index contributed by atoms with van der Waals surface area (Å²) in [6, 6.07) is 16.6. The summed E-state index contributed by atoms with van der Waals surface area (Å²) < 4.78 is 67.1. The Hall–Kier alpha value is -3.74. The van der Waals surface area contributed by atoms with E-state index in [1.807, 2.05) is 0 Å². The Morgan fingerprint density at radius 1 is 0.771 bits per heavy atom. The Morgan fingerprint density at radius 3 is 1.96 bits per heavy atom. The summed E-state index contributed by atoms with van der Waals surface area (Å²) >= 11 is 18.3. The number of rotatable bonds is 14. The molecule has 0 aliphatic heterocycles. The Kier molecular flexibility index (Phi) is 13.4. The van der Waals surface area contributed by atoms with Gasteiger partial charge in [-0.25, -0.2) is 0 Å². The van der Waals surface area contributed by atoms with E-state index in [1.165, 1.54) is 26.0 Å². The van der Waals surface area contributed by atoms with E-state index in [4.69, 9.17) is 34.8 Å². The van der Waals surface area contributed by atoms with Gasteiger partial charge in [0.15, 0.2) is 0 Å². The second kappa shape index (κ2) is 16.6. The molecule has 0 aliphatic carbocycles. The number of hydrogen-bond acceptors (Lipinski definition) is 4. The van der Waals surface area contributed by atoms with Crippen LogP contribution in [0.1, 0.15) is 42.9 Å². The lowest BCUT2D eigenvalue weighted by Crippen LogP contribution is -2.59. The average molecular weight is 735 g/mol. The maximum atomic E-state index is 14.8. The molecule has 258 valence electrons. The molecule has 3 aromatic carbocycles. The van der Waals surface area contributed by atoms with Crippen LogP contribution in [0, 0.1) is 5.92 Å². The zero-order chi connectivity index (χ0) is 35.8. The molecule has 3 unspecified atom stereocenters. The van der Waals surface area contributed by atoms with Gasteiger partial charge >= 0.3 is 12.1 Å². The second-order valence-corrected chi connectivity index (χ2v) is 12.5. The van der Waals surface area contributed by atoms with Gasteiger partial charge in [-0.3, -0.25) is 19.2 Å². The van der Waals surface area contributed by atoms with Crippen LogP contribution in [0.25, 0.3) is 0 Å². The van der Waals surface area contributed by atoms with Crippen LogP contribution in [0.2, 0.25) is 15.1 Å². The van der Waals surface area contributed by atoms with Gasteiger partial charge in [0.2, 0.25) is 17.6 Å². The Bertz CT molecular complexity index is 1610. The molecule has 0 saturated heterocycles. The third-order valence-corrected chi connectivity index (χ3v) is 8.22. The number of Topliss-reactive ketones (excluding diaryl/α,β-unsaturated/α-hetero) is 1. The monoisotopic (exact) mass is 733 g/mol. The third kappa shape index (κ3) is 10.9. The highest BCUT2D eigenvalue weighted by molar-refractivity contribution is 6.42. The number of hydrogen-bond donors (Lipinski definition) is 3. The van der Waals surface area contributed by atoms with Crippen LogP contribution in [0.3, 0.4) is 0 Å². The molecule has 0 saturated carbocycles. The molecule has 48 heavy (non-hydrogen) atoms. The van der Waals surface area contributed by atoms with Gasteiger partial charge in [0.25, 0.3) is 5.91 Å². The molecule has 15 heteroatoms. The highest BCUT2D eigenvalue weighted by Gasteiger charge is 2.52. The molecule has 0 spiro atoms. The molecule has 0 radical (unpaired) electrons. The van der Waals surface area contributed by atoms with Gasteiger partial charge in [0.05, 0.1) is 16.1 Å². The van der Waals surface area contributed by atoms with Crippen LogP contribution < -0.4 is 16.0 Å². The van der Waals surface area contributed by atoms with E-state index in [0.717, 1.165) is 10.9 Å². The summed E-state index contributed by atoms with van der Waals surface area (Å²) in [6.45, 7) is 0.497. The number of carbonyl (C=O) groups is 4. The summed E-state index contributed by atoms with van der Waals surface area (Å²) in [4.78, 5) is 51.9. The van der Waals surface area contributed by atoms with Crippen molar-refractivity contribution in [2.75, 3.05) is 6.54 Å². The van der Waals surface area contributed by atoms with Crippen molar-refractivity contribution in [2.24, 2.45) is 5.92 Å². The fraction of sp³-hybridized carbons (Fsp3) is 0.333. The highest BCUT2D eigenvalue weighted by Crippen LogP contribution is 2.32. The maximum Gasteiger partial charge on any atom is 0.405 e. The average Bonchev–Trinajstić information content (AvgIpc) is 3.02. The summed E-state index contributed by atoms with van der Waals surface area (Å²) in [5, 5.41) is 6.72. The number of ketones is 1. The number of benzene rings is 3.